The summed E-state index contributed by atoms with van der Waals surface area (Å²) in [6.07, 6.45) is 4.14. The van der Waals surface area contributed by atoms with Crippen LogP contribution in [0.15, 0.2) is 54.9 Å². The van der Waals surface area contributed by atoms with Crippen LogP contribution in [0, 0.1) is 0 Å². The highest BCUT2D eigenvalue weighted by Gasteiger charge is 2.30. The van der Waals surface area contributed by atoms with Gasteiger partial charge in [-0.05, 0) is 16.3 Å². The van der Waals surface area contributed by atoms with Gasteiger partial charge < -0.3 is 14.8 Å². The van der Waals surface area contributed by atoms with Gasteiger partial charge in [-0.3, -0.25) is 4.79 Å². The minimum atomic E-state index is -0.0174. The highest BCUT2D eigenvalue weighted by molar-refractivity contribution is 5.90. The van der Waals surface area contributed by atoms with Gasteiger partial charge in [-0.25, -0.2) is 4.98 Å². The Morgan fingerprint density at radius 2 is 2.08 bits per heavy atom. The van der Waals surface area contributed by atoms with Crippen molar-refractivity contribution < 1.29 is 4.79 Å². The third-order valence-electron chi connectivity index (χ3n) is 4.94. The molecule has 0 bridgehead atoms. The Hall–Kier alpha value is -2.66. The second-order valence-electron chi connectivity index (χ2n) is 6.52. The van der Waals surface area contributed by atoms with Crippen LogP contribution in [-0.4, -0.2) is 40.0 Å². The van der Waals surface area contributed by atoms with Crippen LogP contribution in [0.25, 0.3) is 10.8 Å². The van der Waals surface area contributed by atoms with Crippen LogP contribution in [0.1, 0.15) is 17.4 Å². The predicted molar refractivity (Wildman–Crippen MR) is 98.2 cm³/mol. The van der Waals surface area contributed by atoms with Gasteiger partial charge in [-0.2, -0.15) is 0 Å². The maximum absolute atomic E-state index is 13.1. The molecule has 2 aromatic carbocycles. The highest BCUT2D eigenvalue weighted by atomic mass is 16.2. The van der Waals surface area contributed by atoms with Crippen molar-refractivity contribution in [3.05, 3.63) is 66.2 Å². The van der Waals surface area contributed by atoms with E-state index in [1.165, 1.54) is 5.39 Å². The lowest BCUT2D eigenvalue weighted by Crippen LogP contribution is -2.49. The smallest absolute Gasteiger partial charge is 0.227 e. The molecule has 5 nitrogen and oxygen atoms in total. The summed E-state index contributed by atoms with van der Waals surface area (Å²) in [6, 6.07) is 14.4. The molecule has 1 atom stereocenters. The zero-order chi connectivity index (χ0) is 17.2. The highest BCUT2D eigenvalue weighted by Crippen LogP contribution is 2.24. The largest absolute Gasteiger partial charge is 0.336 e. The van der Waals surface area contributed by atoms with E-state index < -0.39 is 0 Å². The van der Waals surface area contributed by atoms with Gasteiger partial charge in [0.15, 0.2) is 0 Å². The van der Waals surface area contributed by atoms with Crippen molar-refractivity contribution in [2.45, 2.75) is 12.5 Å². The second-order valence-corrected chi connectivity index (χ2v) is 6.52. The summed E-state index contributed by atoms with van der Waals surface area (Å²) in [5, 5.41) is 5.71. The van der Waals surface area contributed by atoms with E-state index in [4.69, 9.17) is 0 Å². The number of amides is 1. The normalized spacial score (nSPS) is 17.8. The molecular weight excluding hydrogens is 312 g/mol. The van der Waals surface area contributed by atoms with E-state index in [-0.39, 0.29) is 11.9 Å². The molecule has 5 heteroatoms. The van der Waals surface area contributed by atoms with E-state index in [0.29, 0.717) is 13.0 Å². The molecule has 1 amide bonds. The summed E-state index contributed by atoms with van der Waals surface area (Å²) < 4.78 is 2.00. The first-order valence-corrected chi connectivity index (χ1v) is 8.68. The van der Waals surface area contributed by atoms with Crippen LogP contribution in [0.5, 0.6) is 0 Å². The minimum Gasteiger partial charge on any atom is -0.336 e. The first-order valence-electron chi connectivity index (χ1n) is 8.68. The number of aromatic nitrogens is 2. The molecule has 0 saturated carbocycles. The first-order chi connectivity index (χ1) is 12.2. The summed E-state index contributed by atoms with van der Waals surface area (Å²) in [5.74, 6) is 1.09. The number of fused-ring (bicyclic) bond motifs is 1. The third-order valence-corrected chi connectivity index (χ3v) is 4.94. The van der Waals surface area contributed by atoms with Crippen LogP contribution >= 0.6 is 0 Å². The molecule has 4 rings (SSSR count). The molecule has 1 aliphatic heterocycles. The quantitative estimate of drug-likeness (QED) is 0.799. The van der Waals surface area contributed by atoms with Gasteiger partial charge in [-0.15, -0.1) is 0 Å². The second kappa shape index (κ2) is 6.69. The van der Waals surface area contributed by atoms with Crippen LogP contribution in [0.4, 0.5) is 0 Å². The molecule has 1 aliphatic rings. The zero-order valence-electron chi connectivity index (χ0n) is 14.4. The van der Waals surface area contributed by atoms with Crippen molar-refractivity contribution in [1.29, 1.82) is 0 Å². The third kappa shape index (κ3) is 3.03. The fourth-order valence-corrected chi connectivity index (χ4v) is 3.64. The van der Waals surface area contributed by atoms with Crippen molar-refractivity contribution in [3.63, 3.8) is 0 Å². The Labute approximate surface area is 147 Å². The molecular formula is C20H22N4O. The van der Waals surface area contributed by atoms with E-state index in [2.05, 4.69) is 34.6 Å². The summed E-state index contributed by atoms with van der Waals surface area (Å²) >= 11 is 0. The summed E-state index contributed by atoms with van der Waals surface area (Å²) in [4.78, 5) is 19.5. The Morgan fingerprint density at radius 1 is 1.24 bits per heavy atom. The van der Waals surface area contributed by atoms with Gasteiger partial charge in [0.05, 0.1) is 6.42 Å². The summed E-state index contributed by atoms with van der Waals surface area (Å²) in [7, 11) is 1.98. The monoisotopic (exact) mass is 334 g/mol. The maximum atomic E-state index is 13.1. The predicted octanol–water partition coefficient (Wildman–Crippen LogP) is 2.29. The van der Waals surface area contributed by atoms with Gasteiger partial charge in [0.1, 0.15) is 11.9 Å². The minimum absolute atomic E-state index is 0.0174. The van der Waals surface area contributed by atoms with E-state index in [1.807, 2.05) is 40.9 Å². The van der Waals surface area contributed by atoms with E-state index in [9.17, 15) is 4.79 Å². The fraction of sp³-hybridized carbons (Fsp3) is 0.300. The molecule has 2 heterocycles. The van der Waals surface area contributed by atoms with Crippen LogP contribution in [0.2, 0.25) is 0 Å². The molecule has 1 unspecified atom stereocenters. The average Bonchev–Trinajstić information content (AvgIpc) is 3.08. The van der Waals surface area contributed by atoms with E-state index in [0.717, 1.165) is 29.9 Å². The number of aryl methyl sites for hydroxylation is 1. The number of imidazole rings is 1. The lowest BCUT2D eigenvalue weighted by Gasteiger charge is -2.36. The van der Waals surface area contributed by atoms with Crippen molar-refractivity contribution in [2.24, 2.45) is 7.05 Å². The number of carbonyl (C=O) groups excluding carboxylic acids is 1. The topological polar surface area (TPSA) is 50.2 Å². The molecule has 1 aromatic heterocycles. The fourth-order valence-electron chi connectivity index (χ4n) is 3.64. The number of benzene rings is 2. The standard InChI is InChI=1S/C20H22N4O/c1-23-11-10-22-20(23)18-14-21-9-12-24(18)19(25)13-16-7-4-6-15-5-2-3-8-17(15)16/h2-8,10-11,18,21H,9,12-14H2,1H3. The van der Waals surface area contributed by atoms with Gasteiger partial charge in [0, 0.05) is 39.1 Å². The van der Waals surface area contributed by atoms with Crippen LogP contribution in [0.3, 0.4) is 0 Å². The van der Waals surface area contributed by atoms with Crippen molar-refractivity contribution in [1.82, 2.24) is 19.8 Å². The Morgan fingerprint density at radius 3 is 2.92 bits per heavy atom. The van der Waals surface area contributed by atoms with Crippen LogP contribution in [-0.2, 0) is 18.3 Å². The Kier molecular flexibility index (Phi) is 4.24. The van der Waals surface area contributed by atoms with E-state index >= 15 is 0 Å². The SMILES string of the molecule is Cn1ccnc1C1CNCCN1C(=O)Cc1cccc2ccccc12. The molecule has 0 aliphatic carbocycles. The maximum Gasteiger partial charge on any atom is 0.227 e. The molecule has 128 valence electrons. The van der Waals surface area contributed by atoms with Crippen molar-refractivity contribution in [2.75, 3.05) is 19.6 Å². The molecule has 1 fully saturated rings. The van der Waals surface area contributed by atoms with Gasteiger partial charge in [-0.1, -0.05) is 42.5 Å². The van der Waals surface area contributed by atoms with Gasteiger partial charge in [0.25, 0.3) is 0 Å². The number of nitrogens with one attached hydrogen (secondary N) is 1. The molecule has 1 saturated heterocycles. The van der Waals surface area contributed by atoms with Gasteiger partial charge in [0.2, 0.25) is 5.91 Å². The Balaban J connectivity index is 1.61. The molecule has 25 heavy (non-hydrogen) atoms. The average molecular weight is 334 g/mol. The van der Waals surface area contributed by atoms with Crippen LogP contribution < -0.4 is 5.32 Å². The summed E-state index contributed by atoms with van der Waals surface area (Å²) in [5.41, 5.74) is 1.08. The number of nitrogens with zero attached hydrogens (tertiary/aromatic N) is 3. The van der Waals surface area contributed by atoms with Crippen molar-refractivity contribution >= 4 is 16.7 Å². The number of rotatable bonds is 3. The number of carbonyl (C=O) groups is 1. The molecule has 0 radical (unpaired) electrons. The lowest BCUT2D eigenvalue weighted by molar-refractivity contribution is -0.134. The number of piperazine rings is 1. The Bertz CT molecular complexity index is 896. The zero-order valence-corrected chi connectivity index (χ0v) is 14.4. The van der Waals surface area contributed by atoms with Gasteiger partial charge >= 0.3 is 0 Å². The number of hydrogen-bond acceptors (Lipinski definition) is 3. The first kappa shape index (κ1) is 15.8. The number of hydrogen-bond donors (Lipinski definition) is 1. The molecule has 0 spiro atoms. The van der Waals surface area contributed by atoms with Crippen molar-refractivity contribution in [3.8, 4) is 0 Å². The molecule has 1 N–H and O–H groups in total. The summed E-state index contributed by atoms with van der Waals surface area (Å²) in [6.45, 7) is 2.27. The molecule has 3 aromatic rings. The van der Waals surface area contributed by atoms with E-state index in [1.54, 1.807) is 6.20 Å². The lowest BCUT2D eigenvalue weighted by atomic mass is 10.0.